The van der Waals surface area contributed by atoms with Crippen LogP contribution in [0.15, 0.2) is 73.6 Å². The summed E-state index contributed by atoms with van der Waals surface area (Å²) in [6, 6.07) is 7.11. The number of carbonyl (C=O) groups is 2. The Balaban J connectivity index is 1.41. The van der Waals surface area contributed by atoms with Crippen LogP contribution < -0.4 is 0 Å². The molecular formula is C35H33F6N5O3. The van der Waals surface area contributed by atoms with Gasteiger partial charge in [0.25, 0.3) is 5.91 Å². The maximum absolute atomic E-state index is 14.1. The van der Waals surface area contributed by atoms with Crippen LogP contribution in [0.4, 0.5) is 31.1 Å². The molecule has 0 spiro atoms. The van der Waals surface area contributed by atoms with Gasteiger partial charge in [-0.15, -0.1) is 0 Å². The summed E-state index contributed by atoms with van der Waals surface area (Å²) in [6.07, 6.45) is -1.15. The summed E-state index contributed by atoms with van der Waals surface area (Å²) < 4.78 is 89.6. The predicted molar refractivity (Wildman–Crippen MR) is 168 cm³/mol. The monoisotopic (exact) mass is 685 g/mol. The van der Waals surface area contributed by atoms with Crippen LogP contribution in [0.3, 0.4) is 0 Å². The molecule has 8 nitrogen and oxygen atoms in total. The maximum Gasteiger partial charge on any atom is 0.419 e. The van der Waals surface area contributed by atoms with E-state index >= 15 is 0 Å². The van der Waals surface area contributed by atoms with Crippen LogP contribution in [-0.4, -0.2) is 67.1 Å². The van der Waals surface area contributed by atoms with Crippen molar-refractivity contribution in [1.82, 2.24) is 24.3 Å². The molecule has 2 atom stereocenters. The summed E-state index contributed by atoms with van der Waals surface area (Å²) in [4.78, 5) is 38.9. The van der Waals surface area contributed by atoms with E-state index in [1.54, 1.807) is 63.6 Å². The second-order valence-corrected chi connectivity index (χ2v) is 13.3. The topological polar surface area (TPSA) is 80.6 Å². The van der Waals surface area contributed by atoms with Gasteiger partial charge in [-0.05, 0) is 75.4 Å². The van der Waals surface area contributed by atoms with Crippen LogP contribution in [0.25, 0.3) is 16.5 Å². The average molecular weight is 686 g/mol. The van der Waals surface area contributed by atoms with E-state index in [1.165, 1.54) is 15.8 Å². The third-order valence-corrected chi connectivity index (χ3v) is 8.67. The van der Waals surface area contributed by atoms with Crippen molar-refractivity contribution in [3.8, 4) is 0 Å². The minimum Gasteiger partial charge on any atom is -0.443 e. The lowest BCUT2D eigenvalue weighted by Crippen LogP contribution is -2.59. The van der Waals surface area contributed by atoms with Gasteiger partial charge in [-0.3, -0.25) is 9.36 Å². The van der Waals surface area contributed by atoms with Gasteiger partial charge in [0.05, 0.1) is 22.7 Å². The molecule has 0 aliphatic carbocycles. The summed E-state index contributed by atoms with van der Waals surface area (Å²) in [5.74, 6) is -0.941. The number of piperazine rings is 1. The van der Waals surface area contributed by atoms with Gasteiger partial charge < -0.3 is 14.5 Å². The first kappa shape index (κ1) is 34.0. The number of halogens is 6. The van der Waals surface area contributed by atoms with Gasteiger partial charge in [-0.1, -0.05) is 18.2 Å². The van der Waals surface area contributed by atoms with E-state index in [9.17, 15) is 35.9 Å². The molecule has 258 valence electrons. The van der Waals surface area contributed by atoms with Crippen molar-refractivity contribution in [2.24, 2.45) is 0 Å². The molecule has 2 aromatic heterocycles. The quantitative estimate of drug-likeness (QED) is 0.204. The van der Waals surface area contributed by atoms with E-state index in [0.29, 0.717) is 41.4 Å². The molecular weight excluding hydrogens is 652 g/mol. The minimum atomic E-state index is -5.11. The Bertz CT molecular complexity index is 1880. The van der Waals surface area contributed by atoms with Gasteiger partial charge >= 0.3 is 18.4 Å². The van der Waals surface area contributed by atoms with Crippen molar-refractivity contribution in [2.75, 3.05) is 13.1 Å². The lowest BCUT2D eigenvalue weighted by Gasteiger charge is -2.48. The molecule has 2 aliphatic heterocycles. The zero-order chi connectivity index (χ0) is 35.3. The molecule has 2 unspecified atom stereocenters. The van der Waals surface area contributed by atoms with Crippen LogP contribution in [0.1, 0.15) is 66.2 Å². The Morgan fingerprint density at radius 2 is 1.57 bits per heavy atom. The Morgan fingerprint density at radius 1 is 0.918 bits per heavy atom. The second-order valence-electron chi connectivity index (χ2n) is 13.3. The highest BCUT2D eigenvalue weighted by Gasteiger charge is 2.41. The molecule has 2 aromatic carbocycles. The molecule has 0 saturated carbocycles. The lowest BCUT2D eigenvalue weighted by atomic mass is 9.91. The number of rotatable bonds is 4. The standard InChI is InChI=1S/C35H33F6N5O3/c1-33(2,3)49-32(48)46-17-23(29-6-4-5-7-30(29)46)12-28-18-44-16-21(24-14-42-20-43-15-24)8-9-27(44)19-45(28)31(47)22-10-25(34(36,37)38)13-26(11-22)35(39,40)41/h4-7,10-11,13-17,20,27-28H,8-9,12,18-19H2,1-3H3. The molecule has 0 radical (unpaired) electrons. The van der Waals surface area contributed by atoms with Crippen LogP contribution in [0.2, 0.25) is 0 Å². The third-order valence-electron chi connectivity index (χ3n) is 8.67. The van der Waals surface area contributed by atoms with Crippen molar-refractivity contribution in [2.45, 2.75) is 70.1 Å². The Kier molecular flexibility index (Phi) is 8.70. The van der Waals surface area contributed by atoms with Crippen LogP contribution in [0.5, 0.6) is 0 Å². The molecule has 0 N–H and O–H groups in total. The number of aromatic nitrogens is 3. The lowest BCUT2D eigenvalue weighted by molar-refractivity contribution is -0.143. The number of carbonyl (C=O) groups excluding carboxylic acids is 2. The Labute approximate surface area is 278 Å². The van der Waals surface area contributed by atoms with Gasteiger partial charge in [-0.25, -0.2) is 14.8 Å². The minimum absolute atomic E-state index is 0.0124. The van der Waals surface area contributed by atoms with Crippen molar-refractivity contribution >= 4 is 28.5 Å². The Morgan fingerprint density at radius 3 is 2.20 bits per heavy atom. The highest BCUT2D eigenvalue weighted by atomic mass is 19.4. The fourth-order valence-corrected chi connectivity index (χ4v) is 6.45. The molecule has 14 heteroatoms. The van der Waals surface area contributed by atoms with Gasteiger partial charge in [0.2, 0.25) is 0 Å². The first-order valence-corrected chi connectivity index (χ1v) is 15.6. The van der Waals surface area contributed by atoms with E-state index in [0.717, 1.165) is 11.1 Å². The zero-order valence-corrected chi connectivity index (χ0v) is 26.8. The van der Waals surface area contributed by atoms with Crippen LogP contribution >= 0.6 is 0 Å². The van der Waals surface area contributed by atoms with Gasteiger partial charge in [0.15, 0.2) is 0 Å². The van der Waals surface area contributed by atoms with Crippen molar-refractivity contribution in [3.63, 3.8) is 0 Å². The number of hydrogen-bond acceptors (Lipinski definition) is 6. The molecule has 4 aromatic rings. The molecule has 1 amide bonds. The number of allylic oxidation sites excluding steroid dienone is 1. The number of para-hydroxylation sites is 1. The molecule has 4 heterocycles. The molecule has 1 saturated heterocycles. The predicted octanol–water partition coefficient (Wildman–Crippen LogP) is 7.82. The average Bonchev–Trinajstić information content (AvgIpc) is 3.41. The van der Waals surface area contributed by atoms with E-state index in [1.807, 2.05) is 6.20 Å². The highest BCUT2D eigenvalue weighted by Crippen LogP contribution is 2.38. The van der Waals surface area contributed by atoms with E-state index in [-0.39, 0.29) is 31.6 Å². The van der Waals surface area contributed by atoms with Gasteiger partial charge in [-0.2, -0.15) is 26.3 Å². The molecule has 2 aliphatic rings. The molecule has 0 bridgehead atoms. The molecule has 49 heavy (non-hydrogen) atoms. The first-order valence-electron chi connectivity index (χ1n) is 15.6. The highest BCUT2D eigenvalue weighted by molar-refractivity contribution is 5.95. The van der Waals surface area contributed by atoms with E-state index in [2.05, 4.69) is 14.9 Å². The number of alkyl halides is 6. The SMILES string of the molecule is CC(C)(C)OC(=O)n1cc(CC2CN3C=C(c4cncnc4)CCC3CN2C(=O)c2cc(C(F)(F)F)cc(C(F)(F)F)c2)c2ccccc21. The second kappa shape index (κ2) is 12.5. The Hall–Kier alpha value is -4.88. The number of amides is 1. The largest absolute Gasteiger partial charge is 0.443 e. The van der Waals surface area contributed by atoms with Crippen LogP contribution in [0, 0.1) is 0 Å². The summed E-state index contributed by atoms with van der Waals surface area (Å²) in [5.41, 5.74) is -1.62. The van der Waals surface area contributed by atoms with Crippen molar-refractivity contribution in [1.29, 1.82) is 0 Å². The van der Waals surface area contributed by atoms with Crippen molar-refractivity contribution < 1.29 is 40.7 Å². The number of hydrogen-bond donors (Lipinski definition) is 0. The van der Waals surface area contributed by atoms with Crippen LogP contribution in [-0.2, 0) is 23.5 Å². The molecule has 6 rings (SSSR count). The van der Waals surface area contributed by atoms with Crippen molar-refractivity contribution in [3.05, 3.63) is 101 Å². The van der Waals surface area contributed by atoms with E-state index in [4.69, 9.17) is 4.74 Å². The third kappa shape index (κ3) is 7.27. The summed E-state index contributed by atoms with van der Waals surface area (Å²) in [6.45, 7) is 5.49. The number of ether oxygens (including phenoxy) is 1. The summed E-state index contributed by atoms with van der Waals surface area (Å²) >= 11 is 0. The number of nitrogens with zero attached hydrogens (tertiary/aromatic N) is 5. The number of fused-ring (bicyclic) bond motifs is 2. The van der Waals surface area contributed by atoms with Gasteiger partial charge in [0, 0.05) is 60.4 Å². The van der Waals surface area contributed by atoms with E-state index < -0.39 is 52.7 Å². The first-order chi connectivity index (χ1) is 23.0. The normalized spacial score (nSPS) is 18.7. The fourth-order valence-electron chi connectivity index (χ4n) is 6.45. The number of benzene rings is 2. The summed E-state index contributed by atoms with van der Waals surface area (Å²) in [5, 5.41) is 0.692. The smallest absolute Gasteiger partial charge is 0.419 e. The fraction of sp³-hybridized carbons (Fsp3) is 0.371. The van der Waals surface area contributed by atoms with Gasteiger partial charge in [0.1, 0.15) is 11.9 Å². The summed E-state index contributed by atoms with van der Waals surface area (Å²) in [7, 11) is 0. The molecule has 1 fully saturated rings. The zero-order valence-electron chi connectivity index (χ0n) is 26.8. The maximum atomic E-state index is 14.1.